The van der Waals surface area contributed by atoms with Gasteiger partial charge in [0.1, 0.15) is 0 Å². The maximum absolute atomic E-state index is 11.9. The second kappa shape index (κ2) is 9.36. The summed E-state index contributed by atoms with van der Waals surface area (Å²) in [5.74, 6) is 1.33. The first-order valence-corrected chi connectivity index (χ1v) is 8.73. The first-order chi connectivity index (χ1) is 13.7. The van der Waals surface area contributed by atoms with Gasteiger partial charge in [-0.2, -0.15) is 0 Å². The Bertz CT molecular complexity index is 950. The molecule has 0 fully saturated rings. The number of hydrogen-bond acceptors (Lipinski definition) is 7. The molecule has 3 aromatic rings. The van der Waals surface area contributed by atoms with Crippen LogP contribution in [0.1, 0.15) is 18.4 Å². The van der Waals surface area contributed by atoms with Crippen molar-refractivity contribution in [1.82, 2.24) is 10.2 Å². The van der Waals surface area contributed by atoms with Crippen LogP contribution in [0.4, 0.5) is 0 Å². The Kier molecular flexibility index (Phi) is 6.41. The van der Waals surface area contributed by atoms with Crippen molar-refractivity contribution in [2.75, 3.05) is 13.7 Å². The van der Waals surface area contributed by atoms with E-state index in [1.54, 1.807) is 25.3 Å². The minimum Gasteiger partial charge on any atom is -0.493 e. The molecule has 0 aliphatic heterocycles. The van der Waals surface area contributed by atoms with Crippen molar-refractivity contribution in [3.05, 3.63) is 66.1 Å². The Morgan fingerprint density at radius 2 is 1.93 bits per heavy atom. The number of carbonyl (C=O) groups is 1. The van der Waals surface area contributed by atoms with Gasteiger partial charge in [0.25, 0.3) is 5.89 Å². The lowest BCUT2D eigenvalue weighted by atomic mass is 10.2. The van der Waals surface area contributed by atoms with Crippen molar-refractivity contribution >= 4 is 12.0 Å². The fraction of sp³-hybridized carbons (Fsp3) is 0.190. The average molecular weight is 380 g/mol. The zero-order valence-electron chi connectivity index (χ0n) is 15.6. The SMILES string of the molecule is CCOc1cc(C=CC(=O)OCc2nnc(-c3ccccc3)o2)ccc1OC. The zero-order valence-corrected chi connectivity index (χ0v) is 15.6. The molecule has 3 rings (SSSR count). The molecule has 1 heterocycles. The summed E-state index contributed by atoms with van der Waals surface area (Å²) in [6, 6.07) is 14.7. The third-order valence-electron chi connectivity index (χ3n) is 3.72. The smallest absolute Gasteiger partial charge is 0.331 e. The highest BCUT2D eigenvalue weighted by Crippen LogP contribution is 2.28. The molecule has 1 aromatic heterocycles. The largest absolute Gasteiger partial charge is 0.493 e. The Labute approximate surface area is 162 Å². The van der Waals surface area contributed by atoms with E-state index in [1.165, 1.54) is 6.08 Å². The van der Waals surface area contributed by atoms with Gasteiger partial charge in [-0.25, -0.2) is 4.79 Å². The molecule has 7 heteroatoms. The molecular formula is C21H20N2O5. The monoisotopic (exact) mass is 380 g/mol. The Balaban J connectivity index is 1.57. The van der Waals surface area contributed by atoms with Gasteiger partial charge in [0.05, 0.1) is 13.7 Å². The lowest BCUT2D eigenvalue weighted by Gasteiger charge is -2.09. The van der Waals surface area contributed by atoms with E-state index in [9.17, 15) is 4.79 Å². The highest BCUT2D eigenvalue weighted by molar-refractivity contribution is 5.87. The molecule has 0 unspecified atom stereocenters. The summed E-state index contributed by atoms with van der Waals surface area (Å²) in [7, 11) is 1.57. The van der Waals surface area contributed by atoms with Crippen molar-refractivity contribution in [1.29, 1.82) is 0 Å². The summed E-state index contributed by atoms with van der Waals surface area (Å²) in [6.45, 7) is 2.30. The van der Waals surface area contributed by atoms with Gasteiger partial charge in [-0.3, -0.25) is 0 Å². The predicted octanol–water partition coefficient (Wildman–Crippen LogP) is 3.90. The highest BCUT2D eigenvalue weighted by atomic mass is 16.5. The Morgan fingerprint density at radius 3 is 2.68 bits per heavy atom. The van der Waals surface area contributed by atoms with Crippen molar-refractivity contribution in [3.63, 3.8) is 0 Å². The number of esters is 1. The van der Waals surface area contributed by atoms with Gasteiger partial charge >= 0.3 is 5.97 Å². The van der Waals surface area contributed by atoms with E-state index < -0.39 is 5.97 Å². The van der Waals surface area contributed by atoms with Crippen LogP contribution in [0.15, 0.2) is 59.0 Å². The minimum atomic E-state index is -0.520. The van der Waals surface area contributed by atoms with Crippen molar-refractivity contribution in [2.24, 2.45) is 0 Å². The van der Waals surface area contributed by atoms with Crippen LogP contribution in [0.3, 0.4) is 0 Å². The molecule has 0 amide bonds. The van der Waals surface area contributed by atoms with Gasteiger partial charge in [-0.05, 0) is 42.8 Å². The standard InChI is InChI=1S/C21H20N2O5/c1-3-26-18-13-15(9-11-17(18)25-2)10-12-20(24)27-14-19-22-23-21(28-19)16-7-5-4-6-8-16/h4-13H,3,14H2,1-2H3. The normalized spacial score (nSPS) is 10.8. The number of aromatic nitrogens is 2. The van der Waals surface area contributed by atoms with Gasteiger partial charge in [-0.1, -0.05) is 24.3 Å². The molecule has 0 aliphatic carbocycles. The molecule has 28 heavy (non-hydrogen) atoms. The fourth-order valence-corrected chi connectivity index (χ4v) is 2.42. The van der Waals surface area contributed by atoms with Crippen molar-refractivity contribution in [3.8, 4) is 23.0 Å². The summed E-state index contributed by atoms with van der Waals surface area (Å²) in [5.41, 5.74) is 1.59. The van der Waals surface area contributed by atoms with Gasteiger partial charge in [0.15, 0.2) is 18.1 Å². The van der Waals surface area contributed by atoms with Gasteiger partial charge in [-0.15, -0.1) is 10.2 Å². The van der Waals surface area contributed by atoms with Crippen LogP contribution in [-0.4, -0.2) is 29.9 Å². The molecule has 0 bridgehead atoms. The molecule has 0 atom stereocenters. The lowest BCUT2D eigenvalue weighted by Crippen LogP contribution is -2.01. The molecule has 0 saturated carbocycles. The third-order valence-corrected chi connectivity index (χ3v) is 3.72. The fourth-order valence-electron chi connectivity index (χ4n) is 2.42. The molecular weight excluding hydrogens is 360 g/mol. The van der Waals surface area contributed by atoms with E-state index in [0.717, 1.165) is 11.1 Å². The quantitative estimate of drug-likeness (QED) is 0.433. The maximum Gasteiger partial charge on any atom is 0.331 e. The lowest BCUT2D eigenvalue weighted by molar-refractivity contribution is -0.139. The number of hydrogen-bond donors (Lipinski definition) is 0. The zero-order chi connectivity index (χ0) is 19.8. The Hall–Kier alpha value is -3.61. The summed E-state index contributed by atoms with van der Waals surface area (Å²) in [6.07, 6.45) is 2.96. The van der Waals surface area contributed by atoms with E-state index in [4.69, 9.17) is 18.6 Å². The van der Waals surface area contributed by atoms with Crippen LogP contribution < -0.4 is 9.47 Å². The summed E-state index contributed by atoms with van der Waals surface area (Å²) < 4.78 is 21.4. The second-order valence-corrected chi connectivity index (χ2v) is 5.65. The van der Waals surface area contributed by atoms with Crippen LogP contribution in [0, 0.1) is 0 Å². The van der Waals surface area contributed by atoms with E-state index >= 15 is 0 Å². The first kappa shape index (κ1) is 19.2. The van der Waals surface area contributed by atoms with Crippen LogP contribution in [0.5, 0.6) is 11.5 Å². The predicted molar refractivity (Wildman–Crippen MR) is 103 cm³/mol. The van der Waals surface area contributed by atoms with Crippen LogP contribution in [0.2, 0.25) is 0 Å². The third kappa shape index (κ3) is 4.97. The van der Waals surface area contributed by atoms with Gasteiger partial charge in [0.2, 0.25) is 5.89 Å². The number of carbonyl (C=O) groups excluding carboxylic acids is 1. The number of nitrogens with zero attached hydrogens (tertiary/aromatic N) is 2. The summed E-state index contributed by atoms with van der Waals surface area (Å²) in [4.78, 5) is 11.9. The van der Waals surface area contributed by atoms with Crippen LogP contribution >= 0.6 is 0 Å². The van der Waals surface area contributed by atoms with E-state index in [-0.39, 0.29) is 12.5 Å². The van der Waals surface area contributed by atoms with Crippen LogP contribution in [-0.2, 0) is 16.1 Å². The van der Waals surface area contributed by atoms with E-state index in [0.29, 0.717) is 24.0 Å². The molecule has 144 valence electrons. The molecule has 0 aliphatic rings. The molecule has 0 saturated heterocycles. The maximum atomic E-state index is 11.9. The first-order valence-electron chi connectivity index (χ1n) is 8.73. The Morgan fingerprint density at radius 1 is 1.11 bits per heavy atom. The number of rotatable bonds is 8. The molecule has 0 N–H and O–H groups in total. The molecule has 7 nitrogen and oxygen atoms in total. The molecule has 2 aromatic carbocycles. The van der Waals surface area contributed by atoms with Crippen molar-refractivity contribution in [2.45, 2.75) is 13.5 Å². The second-order valence-electron chi connectivity index (χ2n) is 5.65. The number of ether oxygens (including phenoxy) is 3. The van der Waals surface area contributed by atoms with Gasteiger partial charge < -0.3 is 18.6 Å². The van der Waals surface area contributed by atoms with E-state index in [1.807, 2.05) is 43.3 Å². The van der Waals surface area contributed by atoms with Crippen molar-refractivity contribution < 1.29 is 23.4 Å². The molecule has 0 spiro atoms. The average Bonchev–Trinajstić information content (AvgIpc) is 3.21. The van der Waals surface area contributed by atoms with Crippen LogP contribution in [0.25, 0.3) is 17.5 Å². The minimum absolute atomic E-state index is 0.101. The summed E-state index contributed by atoms with van der Waals surface area (Å²) >= 11 is 0. The van der Waals surface area contributed by atoms with Gasteiger partial charge in [0, 0.05) is 11.6 Å². The number of methoxy groups -OCH3 is 1. The summed E-state index contributed by atoms with van der Waals surface area (Å²) in [5, 5.41) is 7.84. The van der Waals surface area contributed by atoms with E-state index in [2.05, 4.69) is 10.2 Å². The molecule has 0 radical (unpaired) electrons. The highest BCUT2D eigenvalue weighted by Gasteiger charge is 2.10. The number of benzene rings is 2. The topological polar surface area (TPSA) is 83.7 Å².